The molecule has 0 saturated carbocycles. The van der Waals surface area contributed by atoms with Crippen LogP contribution in [-0.2, 0) is 11.3 Å². The first-order chi connectivity index (χ1) is 11.1. The van der Waals surface area contributed by atoms with Crippen molar-refractivity contribution in [2.24, 2.45) is 0 Å². The second kappa shape index (κ2) is 8.42. The van der Waals surface area contributed by atoms with Gasteiger partial charge in [-0.3, -0.25) is 0 Å². The van der Waals surface area contributed by atoms with Crippen molar-refractivity contribution in [3.8, 4) is 0 Å². The van der Waals surface area contributed by atoms with Crippen LogP contribution in [0.3, 0.4) is 0 Å². The highest BCUT2D eigenvalue weighted by atomic mass is 35.5. The minimum absolute atomic E-state index is 0.0151. The van der Waals surface area contributed by atoms with Crippen LogP contribution >= 0.6 is 11.6 Å². The van der Waals surface area contributed by atoms with Crippen molar-refractivity contribution in [2.45, 2.75) is 18.8 Å². The average molecular weight is 338 g/mol. The fourth-order valence-corrected chi connectivity index (χ4v) is 1.82. The summed E-state index contributed by atoms with van der Waals surface area (Å²) in [6.45, 7) is -0.0909. The lowest BCUT2D eigenvalue weighted by Gasteiger charge is -2.17. The Kier molecular flexibility index (Phi) is 6.28. The van der Waals surface area contributed by atoms with Crippen LogP contribution in [0.15, 0.2) is 42.7 Å². The maximum atomic E-state index is 11.5. The van der Waals surface area contributed by atoms with E-state index in [0.29, 0.717) is 5.02 Å². The van der Waals surface area contributed by atoms with Crippen molar-refractivity contribution in [2.75, 3.05) is 6.54 Å². The Bertz CT molecular complexity index is 624. The minimum Gasteiger partial charge on any atom is -0.445 e. The van der Waals surface area contributed by atoms with Crippen LogP contribution in [0.25, 0.3) is 0 Å². The summed E-state index contributed by atoms with van der Waals surface area (Å²) in [7, 11) is 0. The molecule has 0 spiro atoms. The van der Waals surface area contributed by atoms with Gasteiger partial charge in [-0.25, -0.2) is 14.8 Å². The molecular weight excluding hydrogens is 322 g/mol. The summed E-state index contributed by atoms with van der Waals surface area (Å²) in [5, 5.41) is 22.4. The van der Waals surface area contributed by atoms with Crippen molar-refractivity contribution >= 4 is 17.7 Å². The van der Waals surface area contributed by atoms with E-state index in [4.69, 9.17) is 16.3 Å². The molecule has 23 heavy (non-hydrogen) atoms. The van der Waals surface area contributed by atoms with Gasteiger partial charge in [0.25, 0.3) is 0 Å². The molecule has 1 heterocycles. The van der Waals surface area contributed by atoms with E-state index in [-0.39, 0.29) is 19.0 Å². The topological polar surface area (TPSA) is 105 Å². The molecule has 2 aromatic rings. The molecule has 0 fully saturated rings. The van der Waals surface area contributed by atoms with Gasteiger partial charge in [-0.1, -0.05) is 41.9 Å². The number of benzene rings is 1. The number of hydrogen-bond donors (Lipinski definition) is 3. The molecule has 0 radical (unpaired) electrons. The molecule has 0 aliphatic carbocycles. The van der Waals surface area contributed by atoms with Crippen molar-refractivity contribution in [1.82, 2.24) is 15.3 Å². The Morgan fingerprint density at radius 1 is 1.22 bits per heavy atom. The number of aliphatic hydroxyl groups excluding tert-OH is 2. The first kappa shape index (κ1) is 17.1. The number of aromatic nitrogens is 2. The Hall–Kier alpha value is -2.22. The second-order valence-corrected chi connectivity index (χ2v) is 5.15. The van der Waals surface area contributed by atoms with Gasteiger partial charge >= 0.3 is 6.09 Å². The third-order valence-electron chi connectivity index (χ3n) is 2.94. The molecule has 0 aliphatic rings. The van der Waals surface area contributed by atoms with Crippen molar-refractivity contribution in [3.63, 3.8) is 0 Å². The number of halogens is 1. The van der Waals surface area contributed by atoms with Crippen LogP contribution < -0.4 is 5.32 Å². The molecule has 2 atom stereocenters. The fourth-order valence-electron chi connectivity index (χ4n) is 1.72. The standard InChI is InChI=1S/C15H16ClN3O4/c16-11-6-17-14(18-7-11)13(21)12(20)8-19-15(22)23-9-10-4-2-1-3-5-10/h1-7,12-13,20-21H,8-9H2,(H,19,22). The molecule has 1 aromatic carbocycles. The number of alkyl carbamates (subject to hydrolysis) is 1. The number of amides is 1. The van der Waals surface area contributed by atoms with Crippen molar-refractivity contribution < 1.29 is 19.7 Å². The number of aliphatic hydroxyl groups is 2. The highest BCUT2D eigenvalue weighted by Gasteiger charge is 2.21. The van der Waals surface area contributed by atoms with Gasteiger partial charge in [-0.05, 0) is 5.56 Å². The van der Waals surface area contributed by atoms with Gasteiger partial charge in [-0.2, -0.15) is 0 Å². The summed E-state index contributed by atoms with van der Waals surface area (Å²) in [4.78, 5) is 19.2. The monoisotopic (exact) mass is 337 g/mol. The van der Waals surface area contributed by atoms with E-state index >= 15 is 0 Å². The number of hydrogen-bond acceptors (Lipinski definition) is 6. The van der Waals surface area contributed by atoms with E-state index in [1.54, 1.807) is 0 Å². The summed E-state index contributed by atoms with van der Waals surface area (Å²) in [5.74, 6) is 0.0151. The predicted molar refractivity (Wildman–Crippen MR) is 82.6 cm³/mol. The Morgan fingerprint density at radius 2 is 1.87 bits per heavy atom. The van der Waals surface area contributed by atoms with Crippen LogP contribution in [0.4, 0.5) is 4.79 Å². The summed E-state index contributed by atoms with van der Waals surface area (Å²) in [6, 6.07) is 9.18. The van der Waals surface area contributed by atoms with Gasteiger partial charge in [0, 0.05) is 18.9 Å². The minimum atomic E-state index is -1.35. The molecule has 7 nitrogen and oxygen atoms in total. The SMILES string of the molecule is O=C(NCC(O)C(O)c1ncc(Cl)cn1)OCc1ccccc1. The maximum Gasteiger partial charge on any atom is 0.407 e. The summed E-state index contributed by atoms with van der Waals surface area (Å²) >= 11 is 5.64. The average Bonchev–Trinajstić information content (AvgIpc) is 2.58. The van der Waals surface area contributed by atoms with E-state index in [2.05, 4.69) is 15.3 Å². The predicted octanol–water partition coefficient (Wildman–Crippen LogP) is 1.45. The lowest BCUT2D eigenvalue weighted by atomic mass is 10.2. The number of rotatable bonds is 6. The number of ether oxygens (including phenoxy) is 1. The Balaban J connectivity index is 1.75. The lowest BCUT2D eigenvalue weighted by molar-refractivity contribution is 0.0132. The van der Waals surface area contributed by atoms with E-state index < -0.39 is 18.3 Å². The molecule has 8 heteroatoms. The largest absolute Gasteiger partial charge is 0.445 e. The molecule has 0 bridgehead atoms. The van der Waals surface area contributed by atoms with E-state index in [0.717, 1.165) is 5.56 Å². The molecule has 0 saturated heterocycles. The van der Waals surface area contributed by atoms with E-state index in [1.807, 2.05) is 30.3 Å². The van der Waals surface area contributed by atoms with Gasteiger partial charge in [0.05, 0.1) is 5.02 Å². The van der Waals surface area contributed by atoms with Gasteiger partial charge < -0.3 is 20.3 Å². The molecule has 2 unspecified atom stereocenters. The first-order valence-corrected chi connectivity index (χ1v) is 7.22. The number of nitrogens with zero attached hydrogens (tertiary/aromatic N) is 2. The zero-order valence-corrected chi connectivity index (χ0v) is 12.8. The Labute approximate surface area is 137 Å². The maximum absolute atomic E-state index is 11.5. The van der Waals surface area contributed by atoms with Crippen LogP contribution in [0.1, 0.15) is 17.5 Å². The number of carbonyl (C=O) groups excluding carboxylic acids is 1. The van der Waals surface area contributed by atoms with Gasteiger partial charge in [0.2, 0.25) is 0 Å². The summed E-state index contributed by atoms with van der Waals surface area (Å²) < 4.78 is 4.99. The molecule has 2 rings (SSSR count). The van der Waals surface area contributed by atoms with Gasteiger partial charge in [0.1, 0.15) is 18.8 Å². The first-order valence-electron chi connectivity index (χ1n) is 6.84. The molecule has 3 N–H and O–H groups in total. The molecule has 0 aliphatic heterocycles. The smallest absolute Gasteiger partial charge is 0.407 e. The van der Waals surface area contributed by atoms with Crippen LogP contribution in [0.2, 0.25) is 5.02 Å². The highest BCUT2D eigenvalue weighted by molar-refractivity contribution is 6.30. The van der Waals surface area contributed by atoms with E-state index in [9.17, 15) is 15.0 Å². The molecule has 122 valence electrons. The Morgan fingerprint density at radius 3 is 2.52 bits per heavy atom. The second-order valence-electron chi connectivity index (χ2n) is 4.71. The third kappa shape index (κ3) is 5.48. The fraction of sp³-hybridized carbons (Fsp3) is 0.267. The summed E-state index contributed by atoms with van der Waals surface area (Å²) in [6.07, 6.45) is -0.706. The van der Waals surface area contributed by atoms with E-state index in [1.165, 1.54) is 12.4 Å². The number of carbonyl (C=O) groups is 1. The quantitative estimate of drug-likeness (QED) is 0.737. The van der Waals surface area contributed by atoms with Gasteiger partial charge in [-0.15, -0.1) is 0 Å². The van der Waals surface area contributed by atoms with Crippen molar-refractivity contribution in [3.05, 3.63) is 59.1 Å². The highest BCUT2D eigenvalue weighted by Crippen LogP contribution is 2.13. The normalized spacial score (nSPS) is 13.2. The van der Waals surface area contributed by atoms with Crippen LogP contribution in [-0.4, -0.2) is 38.9 Å². The van der Waals surface area contributed by atoms with Crippen LogP contribution in [0, 0.1) is 0 Å². The zero-order valence-electron chi connectivity index (χ0n) is 12.1. The lowest BCUT2D eigenvalue weighted by Crippen LogP contribution is -2.36. The van der Waals surface area contributed by atoms with Crippen LogP contribution in [0.5, 0.6) is 0 Å². The van der Waals surface area contributed by atoms with Gasteiger partial charge in [0.15, 0.2) is 5.82 Å². The molecule has 1 aromatic heterocycles. The number of nitrogens with one attached hydrogen (secondary N) is 1. The van der Waals surface area contributed by atoms with Crippen molar-refractivity contribution in [1.29, 1.82) is 0 Å². The third-order valence-corrected chi connectivity index (χ3v) is 3.13. The molecular formula is C15H16ClN3O4. The molecule has 1 amide bonds. The summed E-state index contributed by atoms with van der Waals surface area (Å²) in [5.41, 5.74) is 0.845. The zero-order chi connectivity index (χ0) is 16.7.